The monoisotopic (exact) mass is 724 g/mol. The highest BCUT2D eigenvalue weighted by molar-refractivity contribution is 14.1. The molecule has 1 amide bonds. The van der Waals surface area contributed by atoms with Crippen LogP contribution in [-0.4, -0.2) is 26.1 Å². The number of anilines is 1. The summed E-state index contributed by atoms with van der Waals surface area (Å²) in [7, 11) is -4.10. The number of rotatable bonds is 8. The Hall–Kier alpha value is -3.61. The van der Waals surface area contributed by atoms with E-state index in [2.05, 4.69) is 0 Å². The SMILES string of the molecule is CCOc1cc(/C=C2\SC(=Nc3ccc(C)cc3)N(c3ccc(C)cc3)C2=O)cc(I)c1OS(=O)(=O)c1ccc(C)cc1. The van der Waals surface area contributed by atoms with Crippen LogP contribution in [0.2, 0.25) is 0 Å². The normalized spacial score (nSPS) is 15.4. The third-order valence-corrected chi connectivity index (χ3v) is 9.50. The lowest BCUT2D eigenvalue weighted by atomic mass is 10.1. The molecule has 0 aliphatic carbocycles. The van der Waals surface area contributed by atoms with E-state index in [-0.39, 0.29) is 22.3 Å². The summed E-state index contributed by atoms with van der Waals surface area (Å²) >= 11 is 3.30. The van der Waals surface area contributed by atoms with Crippen LogP contribution in [0.25, 0.3) is 6.08 Å². The highest BCUT2D eigenvalue weighted by Crippen LogP contribution is 2.40. The van der Waals surface area contributed by atoms with Gasteiger partial charge in [-0.2, -0.15) is 8.42 Å². The Morgan fingerprint density at radius 2 is 1.47 bits per heavy atom. The average molecular weight is 725 g/mol. The van der Waals surface area contributed by atoms with Crippen molar-refractivity contribution in [2.75, 3.05) is 11.5 Å². The molecule has 0 unspecified atom stereocenters. The molecule has 10 heteroatoms. The third kappa shape index (κ3) is 7.14. The number of aryl methyl sites for hydroxylation is 3. The smallest absolute Gasteiger partial charge is 0.339 e. The first-order valence-corrected chi connectivity index (χ1v) is 16.8. The standard InChI is InChI=1S/C33H29IN2O5S2/c1-5-40-29-19-24(18-28(34)31(29)41-43(38,39)27-16-10-23(4)11-17-27)20-30-32(37)36(26-14-8-22(3)9-15-26)33(42-30)35-25-12-6-21(2)7-13-25/h6-20H,5H2,1-4H3/b30-20-,35-33?. The van der Waals surface area contributed by atoms with Gasteiger partial charge in [-0.15, -0.1) is 0 Å². The van der Waals surface area contributed by atoms with E-state index < -0.39 is 10.1 Å². The van der Waals surface area contributed by atoms with Gasteiger partial charge in [0.05, 0.1) is 26.5 Å². The quantitative estimate of drug-likeness (QED) is 0.104. The van der Waals surface area contributed by atoms with Crippen LogP contribution in [0.5, 0.6) is 11.5 Å². The molecule has 43 heavy (non-hydrogen) atoms. The number of thioether (sulfide) groups is 1. The molecule has 1 heterocycles. The van der Waals surface area contributed by atoms with Crippen molar-refractivity contribution in [2.24, 2.45) is 4.99 Å². The minimum Gasteiger partial charge on any atom is -0.490 e. The predicted octanol–water partition coefficient (Wildman–Crippen LogP) is 8.19. The van der Waals surface area contributed by atoms with Crippen molar-refractivity contribution in [2.45, 2.75) is 32.6 Å². The molecular formula is C33H29IN2O5S2. The summed E-state index contributed by atoms with van der Waals surface area (Å²) in [6.45, 7) is 7.98. The second kappa shape index (κ2) is 12.9. The predicted molar refractivity (Wildman–Crippen MR) is 182 cm³/mol. The van der Waals surface area contributed by atoms with Crippen molar-refractivity contribution in [3.8, 4) is 11.5 Å². The number of hydrogen-bond donors (Lipinski definition) is 0. The van der Waals surface area contributed by atoms with Crippen LogP contribution >= 0.6 is 34.4 Å². The van der Waals surface area contributed by atoms with Gasteiger partial charge in [0.15, 0.2) is 16.7 Å². The van der Waals surface area contributed by atoms with E-state index >= 15 is 0 Å². The summed E-state index contributed by atoms with van der Waals surface area (Å²) in [5, 5.41) is 0.535. The molecule has 0 saturated carbocycles. The zero-order valence-electron chi connectivity index (χ0n) is 24.0. The topological polar surface area (TPSA) is 85.3 Å². The van der Waals surface area contributed by atoms with Crippen molar-refractivity contribution in [3.05, 3.63) is 116 Å². The van der Waals surface area contributed by atoms with Gasteiger partial charge in [-0.25, -0.2) is 4.99 Å². The van der Waals surface area contributed by atoms with E-state index in [0.29, 0.717) is 31.5 Å². The molecule has 0 radical (unpaired) electrons. The van der Waals surface area contributed by atoms with Crippen LogP contribution < -0.4 is 13.8 Å². The molecule has 0 bridgehead atoms. The second-order valence-corrected chi connectivity index (χ2v) is 13.6. The van der Waals surface area contributed by atoms with E-state index in [4.69, 9.17) is 13.9 Å². The van der Waals surface area contributed by atoms with Crippen LogP contribution in [0, 0.1) is 24.3 Å². The van der Waals surface area contributed by atoms with E-state index in [1.54, 1.807) is 42.2 Å². The van der Waals surface area contributed by atoms with E-state index in [9.17, 15) is 13.2 Å². The second-order valence-electron chi connectivity index (χ2n) is 9.93. The number of amides is 1. The number of nitrogens with zero attached hydrogens (tertiary/aromatic N) is 2. The van der Waals surface area contributed by atoms with Crippen LogP contribution in [-0.2, 0) is 14.9 Å². The molecule has 220 valence electrons. The maximum absolute atomic E-state index is 13.8. The first-order chi connectivity index (χ1) is 20.5. The summed E-state index contributed by atoms with van der Waals surface area (Å²) in [5.41, 5.74) is 5.25. The summed E-state index contributed by atoms with van der Waals surface area (Å²) < 4.78 is 38.0. The molecule has 4 aromatic carbocycles. The Morgan fingerprint density at radius 3 is 2.07 bits per heavy atom. The minimum atomic E-state index is -4.10. The van der Waals surface area contributed by atoms with Gasteiger partial charge in [0.1, 0.15) is 4.90 Å². The molecule has 0 spiro atoms. The zero-order chi connectivity index (χ0) is 30.7. The van der Waals surface area contributed by atoms with Crippen molar-refractivity contribution >= 4 is 73.0 Å². The zero-order valence-corrected chi connectivity index (χ0v) is 27.8. The number of halogens is 1. The number of amidine groups is 1. The van der Waals surface area contributed by atoms with Crippen LogP contribution in [0.3, 0.4) is 0 Å². The van der Waals surface area contributed by atoms with Gasteiger partial charge in [0.2, 0.25) is 0 Å². The van der Waals surface area contributed by atoms with Crippen LogP contribution in [0.4, 0.5) is 11.4 Å². The number of carbonyl (C=O) groups is 1. The number of ether oxygens (including phenoxy) is 1. The van der Waals surface area contributed by atoms with Crippen molar-refractivity contribution in [1.82, 2.24) is 0 Å². The molecular weight excluding hydrogens is 695 g/mol. The molecule has 0 N–H and O–H groups in total. The van der Waals surface area contributed by atoms with Crippen molar-refractivity contribution in [1.29, 1.82) is 0 Å². The maximum Gasteiger partial charge on any atom is 0.339 e. The third-order valence-electron chi connectivity index (χ3n) is 6.49. The van der Waals surface area contributed by atoms with Crippen LogP contribution in [0.1, 0.15) is 29.2 Å². The molecule has 0 atom stereocenters. The molecule has 1 aliphatic rings. The summed E-state index contributed by atoms with van der Waals surface area (Å²) in [5.74, 6) is 0.143. The van der Waals surface area contributed by atoms with Gasteiger partial charge in [-0.05, 0) is 122 Å². The summed E-state index contributed by atoms with van der Waals surface area (Å²) in [6, 6.07) is 25.4. The lowest BCUT2D eigenvalue weighted by Crippen LogP contribution is -2.28. The van der Waals surface area contributed by atoms with E-state index in [1.165, 1.54) is 23.9 Å². The first kappa shape index (κ1) is 30.8. The Morgan fingerprint density at radius 1 is 0.884 bits per heavy atom. The molecule has 1 fully saturated rings. The molecule has 7 nitrogen and oxygen atoms in total. The fourth-order valence-electron chi connectivity index (χ4n) is 4.23. The van der Waals surface area contributed by atoms with E-state index in [0.717, 1.165) is 22.4 Å². The van der Waals surface area contributed by atoms with Gasteiger partial charge in [-0.3, -0.25) is 9.69 Å². The van der Waals surface area contributed by atoms with Gasteiger partial charge in [0.25, 0.3) is 5.91 Å². The molecule has 1 aliphatic heterocycles. The van der Waals surface area contributed by atoms with Crippen molar-refractivity contribution < 1.29 is 22.1 Å². The van der Waals surface area contributed by atoms with Crippen molar-refractivity contribution in [3.63, 3.8) is 0 Å². The average Bonchev–Trinajstić information content (AvgIpc) is 3.26. The number of aliphatic imine (C=N–C) groups is 1. The van der Waals surface area contributed by atoms with Crippen LogP contribution in [0.15, 0.2) is 99.7 Å². The van der Waals surface area contributed by atoms with Gasteiger partial charge in [0, 0.05) is 0 Å². The largest absolute Gasteiger partial charge is 0.490 e. The summed E-state index contributed by atoms with van der Waals surface area (Å²) in [4.78, 5) is 20.7. The van der Waals surface area contributed by atoms with Gasteiger partial charge in [-0.1, -0.05) is 53.1 Å². The Kier molecular flexibility index (Phi) is 9.28. The first-order valence-electron chi connectivity index (χ1n) is 13.5. The number of benzene rings is 4. The van der Waals surface area contributed by atoms with Gasteiger partial charge < -0.3 is 8.92 Å². The highest BCUT2D eigenvalue weighted by Gasteiger charge is 2.35. The molecule has 1 saturated heterocycles. The minimum absolute atomic E-state index is 0.0482. The Balaban J connectivity index is 1.52. The molecule has 0 aromatic heterocycles. The lowest BCUT2D eigenvalue weighted by Gasteiger charge is -2.16. The van der Waals surface area contributed by atoms with Gasteiger partial charge >= 0.3 is 10.1 Å². The van der Waals surface area contributed by atoms with E-state index in [1.807, 2.05) is 91.9 Å². The molecule has 4 aromatic rings. The Labute approximate surface area is 269 Å². The molecule has 5 rings (SSSR count). The number of hydrogen-bond acceptors (Lipinski definition) is 7. The maximum atomic E-state index is 13.8. The fourth-order valence-corrected chi connectivity index (χ4v) is 7.07. The Bertz CT molecular complexity index is 1830. The number of carbonyl (C=O) groups excluding carboxylic acids is 1. The fraction of sp³-hybridized carbons (Fsp3) is 0.152. The lowest BCUT2D eigenvalue weighted by molar-refractivity contribution is -0.113. The summed E-state index contributed by atoms with van der Waals surface area (Å²) in [6.07, 6.45) is 1.76. The highest BCUT2D eigenvalue weighted by atomic mass is 127.